The van der Waals surface area contributed by atoms with Crippen LogP contribution in [0.25, 0.3) is 0 Å². The first-order valence-corrected chi connectivity index (χ1v) is 7.01. The second kappa shape index (κ2) is 5.99. The molecule has 0 saturated carbocycles. The smallest absolute Gasteiger partial charge is 0.339 e. The van der Waals surface area contributed by atoms with Crippen LogP contribution in [0, 0.1) is 0 Å². The number of aryl methyl sites for hydroxylation is 1. The highest BCUT2D eigenvalue weighted by atomic mass is 32.1. The number of rotatable bonds is 6. The standard InChI is InChI=1S/C13H17N3O2S/c1-9(5-10-3-4-19-8-10)14-7-12-11(13(17)18)6-15-16(12)2/h3-4,6,8-9,14H,5,7H2,1-2H3,(H,17,18). The predicted molar refractivity (Wildman–Crippen MR) is 74.5 cm³/mol. The summed E-state index contributed by atoms with van der Waals surface area (Å²) in [5, 5.41) is 20.6. The van der Waals surface area contributed by atoms with Gasteiger partial charge in [0.1, 0.15) is 5.56 Å². The molecule has 2 aromatic rings. The van der Waals surface area contributed by atoms with E-state index < -0.39 is 5.97 Å². The van der Waals surface area contributed by atoms with Gasteiger partial charge in [0.2, 0.25) is 0 Å². The Balaban J connectivity index is 1.95. The number of aromatic nitrogens is 2. The summed E-state index contributed by atoms with van der Waals surface area (Å²) in [6.07, 6.45) is 2.33. The van der Waals surface area contributed by atoms with Crippen molar-refractivity contribution in [1.82, 2.24) is 15.1 Å². The molecule has 0 aliphatic rings. The maximum atomic E-state index is 11.1. The van der Waals surface area contributed by atoms with Gasteiger partial charge in [-0.3, -0.25) is 4.68 Å². The zero-order valence-electron chi connectivity index (χ0n) is 11.0. The van der Waals surface area contributed by atoms with E-state index in [9.17, 15) is 4.79 Å². The van der Waals surface area contributed by atoms with Crippen LogP contribution >= 0.6 is 11.3 Å². The summed E-state index contributed by atoms with van der Waals surface area (Å²) >= 11 is 1.69. The Morgan fingerprint density at radius 3 is 3.05 bits per heavy atom. The van der Waals surface area contributed by atoms with E-state index in [2.05, 4.69) is 34.2 Å². The molecule has 0 aromatic carbocycles. The van der Waals surface area contributed by atoms with E-state index in [-0.39, 0.29) is 11.6 Å². The second-order valence-electron chi connectivity index (χ2n) is 4.55. The number of hydrogen-bond donors (Lipinski definition) is 2. The second-order valence-corrected chi connectivity index (χ2v) is 5.33. The van der Waals surface area contributed by atoms with Crippen LogP contribution in [0.2, 0.25) is 0 Å². The van der Waals surface area contributed by atoms with E-state index in [0.717, 1.165) is 6.42 Å². The number of hydrogen-bond acceptors (Lipinski definition) is 4. The third-order valence-electron chi connectivity index (χ3n) is 3.03. The Hall–Kier alpha value is -1.66. The van der Waals surface area contributed by atoms with Crippen LogP contribution in [-0.2, 0) is 20.0 Å². The molecule has 0 saturated heterocycles. The van der Waals surface area contributed by atoms with Crippen LogP contribution in [-0.4, -0.2) is 26.9 Å². The Kier molecular flexibility index (Phi) is 4.34. The molecular formula is C13H17N3O2S. The van der Waals surface area contributed by atoms with Crippen molar-refractivity contribution in [3.05, 3.63) is 39.8 Å². The molecule has 2 N–H and O–H groups in total. The highest BCUT2D eigenvalue weighted by molar-refractivity contribution is 7.07. The third-order valence-corrected chi connectivity index (χ3v) is 3.76. The lowest BCUT2D eigenvalue weighted by molar-refractivity contribution is 0.0695. The van der Waals surface area contributed by atoms with E-state index in [1.165, 1.54) is 11.8 Å². The normalized spacial score (nSPS) is 12.5. The van der Waals surface area contributed by atoms with E-state index in [1.807, 2.05) is 0 Å². The number of aromatic carboxylic acids is 1. The molecule has 0 amide bonds. The van der Waals surface area contributed by atoms with Crippen molar-refractivity contribution >= 4 is 17.3 Å². The molecule has 0 bridgehead atoms. The van der Waals surface area contributed by atoms with Crippen molar-refractivity contribution in [3.63, 3.8) is 0 Å². The lowest BCUT2D eigenvalue weighted by atomic mass is 10.1. The van der Waals surface area contributed by atoms with Crippen molar-refractivity contribution in [1.29, 1.82) is 0 Å². The maximum Gasteiger partial charge on any atom is 0.339 e. The van der Waals surface area contributed by atoms with Crippen LogP contribution in [0.4, 0.5) is 0 Å². The average molecular weight is 279 g/mol. The van der Waals surface area contributed by atoms with Crippen molar-refractivity contribution < 1.29 is 9.90 Å². The number of carbonyl (C=O) groups is 1. The number of nitrogens with one attached hydrogen (secondary N) is 1. The van der Waals surface area contributed by atoms with Crippen LogP contribution in [0.3, 0.4) is 0 Å². The summed E-state index contributed by atoms with van der Waals surface area (Å²) in [5.41, 5.74) is 2.26. The summed E-state index contributed by atoms with van der Waals surface area (Å²) < 4.78 is 1.60. The lowest BCUT2D eigenvalue weighted by Gasteiger charge is -2.13. The van der Waals surface area contributed by atoms with Crippen LogP contribution in [0.15, 0.2) is 23.0 Å². The summed E-state index contributed by atoms with van der Waals surface area (Å²) in [5.74, 6) is -0.935. The van der Waals surface area contributed by atoms with Gasteiger partial charge in [-0.1, -0.05) is 0 Å². The monoisotopic (exact) mass is 279 g/mol. The van der Waals surface area contributed by atoms with Gasteiger partial charge in [-0.25, -0.2) is 4.79 Å². The van der Waals surface area contributed by atoms with Crippen LogP contribution in [0.1, 0.15) is 28.5 Å². The van der Waals surface area contributed by atoms with Crippen molar-refractivity contribution in [2.45, 2.75) is 25.9 Å². The fraction of sp³-hybridized carbons (Fsp3) is 0.385. The molecule has 19 heavy (non-hydrogen) atoms. The molecule has 1 unspecified atom stereocenters. The Morgan fingerprint density at radius 1 is 1.63 bits per heavy atom. The minimum absolute atomic E-state index is 0.262. The minimum atomic E-state index is -0.935. The number of nitrogens with zero attached hydrogens (tertiary/aromatic N) is 2. The van der Waals surface area contributed by atoms with E-state index in [1.54, 1.807) is 23.1 Å². The summed E-state index contributed by atoms with van der Waals surface area (Å²) in [6.45, 7) is 2.60. The van der Waals surface area contributed by atoms with Crippen molar-refractivity contribution in [2.75, 3.05) is 0 Å². The van der Waals surface area contributed by atoms with Gasteiger partial charge in [-0.15, -0.1) is 0 Å². The molecular weight excluding hydrogens is 262 g/mol. The van der Waals surface area contributed by atoms with Gasteiger partial charge in [0.25, 0.3) is 0 Å². The van der Waals surface area contributed by atoms with Crippen LogP contribution < -0.4 is 5.32 Å². The van der Waals surface area contributed by atoms with E-state index in [0.29, 0.717) is 12.2 Å². The molecule has 0 aliphatic carbocycles. The van der Waals surface area contributed by atoms with Gasteiger partial charge < -0.3 is 10.4 Å². The Labute approximate surface area is 115 Å². The zero-order chi connectivity index (χ0) is 13.8. The number of thiophene rings is 1. The topological polar surface area (TPSA) is 67.2 Å². The first-order chi connectivity index (χ1) is 9.08. The number of carboxylic acid groups (broad SMARTS) is 1. The van der Waals surface area contributed by atoms with Crippen molar-refractivity contribution in [2.24, 2.45) is 7.05 Å². The molecule has 1 atom stereocenters. The van der Waals surface area contributed by atoms with E-state index in [4.69, 9.17) is 5.11 Å². The number of carboxylic acids is 1. The lowest BCUT2D eigenvalue weighted by Crippen LogP contribution is -2.29. The fourth-order valence-corrected chi connectivity index (χ4v) is 2.64. The van der Waals surface area contributed by atoms with Crippen LogP contribution in [0.5, 0.6) is 0 Å². The first kappa shape index (κ1) is 13.8. The van der Waals surface area contributed by atoms with Gasteiger partial charge in [0.15, 0.2) is 0 Å². The molecule has 2 aromatic heterocycles. The van der Waals surface area contributed by atoms with Gasteiger partial charge in [-0.2, -0.15) is 16.4 Å². The minimum Gasteiger partial charge on any atom is -0.478 e. The quantitative estimate of drug-likeness (QED) is 0.847. The molecule has 2 heterocycles. The highest BCUT2D eigenvalue weighted by Gasteiger charge is 2.15. The van der Waals surface area contributed by atoms with Gasteiger partial charge >= 0.3 is 5.97 Å². The summed E-state index contributed by atoms with van der Waals surface area (Å²) in [7, 11) is 1.76. The Morgan fingerprint density at radius 2 is 2.42 bits per heavy atom. The molecule has 0 radical (unpaired) electrons. The summed E-state index contributed by atoms with van der Waals surface area (Å²) in [6, 6.07) is 2.39. The molecule has 102 valence electrons. The maximum absolute atomic E-state index is 11.1. The molecule has 5 nitrogen and oxygen atoms in total. The average Bonchev–Trinajstić information content (AvgIpc) is 2.96. The highest BCUT2D eigenvalue weighted by Crippen LogP contribution is 2.10. The van der Waals surface area contributed by atoms with Gasteiger partial charge in [0, 0.05) is 19.6 Å². The Bertz CT molecular complexity index is 548. The zero-order valence-corrected chi connectivity index (χ0v) is 11.8. The third kappa shape index (κ3) is 3.42. The van der Waals surface area contributed by atoms with Crippen molar-refractivity contribution in [3.8, 4) is 0 Å². The molecule has 2 rings (SSSR count). The van der Waals surface area contributed by atoms with E-state index >= 15 is 0 Å². The van der Waals surface area contributed by atoms with Gasteiger partial charge in [0.05, 0.1) is 11.9 Å². The molecule has 6 heteroatoms. The largest absolute Gasteiger partial charge is 0.478 e. The first-order valence-electron chi connectivity index (χ1n) is 6.06. The molecule has 0 fully saturated rings. The van der Waals surface area contributed by atoms with Gasteiger partial charge in [-0.05, 0) is 35.7 Å². The molecule has 0 spiro atoms. The fourth-order valence-electron chi connectivity index (χ4n) is 1.96. The molecule has 0 aliphatic heterocycles. The predicted octanol–water partition coefficient (Wildman–Crippen LogP) is 1.90. The SMILES string of the molecule is CC(Cc1ccsc1)NCc1c(C(=O)O)cnn1C. The summed E-state index contributed by atoms with van der Waals surface area (Å²) in [4.78, 5) is 11.1.